The zero-order valence-corrected chi connectivity index (χ0v) is 12.6. The first-order valence-electron chi connectivity index (χ1n) is 6.45. The van der Waals surface area contributed by atoms with Crippen molar-refractivity contribution in [2.75, 3.05) is 12.4 Å². The van der Waals surface area contributed by atoms with E-state index < -0.39 is 5.97 Å². The molecule has 0 spiro atoms. The van der Waals surface area contributed by atoms with Crippen LogP contribution in [0.1, 0.15) is 15.9 Å². The first-order valence-corrected chi connectivity index (χ1v) is 6.83. The van der Waals surface area contributed by atoms with Gasteiger partial charge < -0.3 is 15.2 Å². The summed E-state index contributed by atoms with van der Waals surface area (Å²) in [6.07, 6.45) is 0.150. The Labute approximate surface area is 132 Å². The number of carboxylic acid groups (broad SMARTS) is 1. The van der Waals surface area contributed by atoms with Gasteiger partial charge in [-0.1, -0.05) is 23.7 Å². The van der Waals surface area contributed by atoms with E-state index in [9.17, 15) is 9.59 Å². The van der Waals surface area contributed by atoms with Gasteiger partial charge in [0.05, 0.1) is 29.8 Å². The fraction of sp³-hybridized carbons (Fsp3) is 0.125. The molecule has 5 nitrogen and oxygen atoms in total. The molecular formula is C16H14ClNO4. The van der Waals surface area contributed by atoms with Crippen LogP contribution in [0.4, 0.5) is 5.69 Å². The first-order chi connectivity index (χ1) is 10.5. The number of aromatic carboxylic acids is 1. The van der Waals surface area contributed by atoms with Crippen molar-refractivity contribution in [3.63, 3.8) is 0 Å². The maximum Gasteiger partial charge on any atom is 0.335 e. The van der Waals surface area contributed by atoms with E-state index in [1.165, 1.54) is 18.2 Å². The number of carbonyl (C=O) groups is 2. The fourth-order valence-corrected chi connectivity index (χ4v) is 2.04. The summed E-state index contributed by atoms with van der Waals surface area (Å²) < 4.78 is 5.05. The number of ether oxygens (including phenoxy) is 1. The van der Waals surface area contributed by atoms with Crippen LogP contribution in [0.15, 0.2) is 42.5 Å². The van der Waals surface area contributed by atoms with Gasteiger partial charge in [0.25, 0.3) is 0 Å². The van der Waals surface area contributed by atoms with E-state index in [0.717, 1.165) is 5.56 Å². The lowest BCUT2D eigenvalue weighted by molar-refractivity contribution is -0.115. The second-order valence-corrected chi connectivity index (χ2v) is 4.98. The SMILES string of the molecule is COc1ccc(CC(=O)Nc2cc(C(=O)O)ccc2Cl)cc1. The minimum absolute atomic E-state index is 0.0594. The molecule has 0 aliphatic rings. The molecule has 1 amide bonds. The van der Waals surface area contributed by atoms with Crippen LogP contribution in [0.25, 0.3) is 0 Å². The highest BCUT2D eigenvalue weighted by Crippen LogP contribution is 2.23. The van der Waals surface area contributed by atoms with Crippen molar-refractivity contribution in [3.05, 3.63) is 58.6 Å². The minimum Gasteiger partial charge on any atom is -0.497 e. The number of hydrogen-bond acceptors (Lipinski definition) is 3. The summed E-state index contributed by atoms with van der Waals surface area (Å²) in [6, 6.07) is 11.2. The Morgan fingerprint density at radius 1 is 1.18 bits per heavy atom. The standard InChI is InChI=1S/C16H14ClNO4/c1-22-12-5-2-10(3-6-12)8-15(19)18-14-9-11(16(20)21)4-7-13(14)17/h2-7,9H,8H2,1H3,(H,18,19)(H,20,21). The molecule has 0 aliphatic carbocycles. The number of nitrogens with one attached hydrogen (secondary N) is 1. The molecule has 2 N–H and O–H groups in total. The second kappa shape index (κ2) is 6.95. The van der Waals surface area contributed by atoms with Crippen molar-refractivity contribution in [1.29, 1.82) is 0 Å². The van der Waals surface area contributed by atoms with Gasteiger partial charge in [-0.3, -0.25) is 4.79 Å². The van der Waals surface area contributed by atoms with Crippen LogP contribution in [-0.2, 0) is 11.2 Å². The number of halogens is 1. The zero-order valence-electron chi connectivity index (χ0n) is 11.8. The van der Waals surface area contributed by atoms with Gasteiger partial charge in [0, 0.05) is 0 Å². The fourth-order valence-electron chi connectivity index (χ4n) is 1.88. The van der Waals surface area contributed by atoms with Crippen molar-refractivity contribution in [2.45, 2.75) is 6.42 Å². The Balaban J connectivity index is 2.08. The highest BCUT2D eigenvalue weighted by Gasteiger charge is 2.10. The number of methoxy groups -OCH3 is 1. The van der Waals surface area contributed by atoms with Crippen molar-refractivity contribution < 1.29 is 19.4 Å². The number of benzene rings is 2. The molecule has 0 aliphatic heterocycles. The van der Waals surface area contributed by atoms with Crippen LogP contribution >= 0.6 is 11.6 Å². The Bertz CT molecular complexity index is 698. The largest absolute Gasteiger partial charge is 0.497 e. The topological polar surface area (TPSA) is 75.6 Å². The smallest absolute Gasteiger partial charge is 0.335 e. The number of carboxylic acids is 1. The molecule has 22 heavy (non-hydrogen) atoms. The van der Waals surface area contributed by atoms with Crippen LogP contribution in [0, 0.1) is 0 Å². The lowest BCUT2D eigenvalue weighted by Gasteiger charge is -2.08. The highest BCUT2D eigenvalue weighted by atomic mass is 35.5. The van der Waals surface area contributed by atoms with Gasteiger partial charge in [0.2, 0.25) is 5.91 Å². The molecule has 0 radical (unpaired) electrons. The van der Waals surface area contributed by atoms with Crippen molar-refractivity contribution in [3.8, 4) is 5.75 Å². The average molecular weight is 320 g/mol. The molecule has 0 heterocycles. The van der Waals surface area contributed by atoms with E-state index in [1.54, 1.807) is 31.4 Å². The molecule has 0 saturated carbocycles. The summed E-state index contributed by atoms with van der Waals surface area (Å²) in [5.74, 6) is -0.654. The van der Waals surface area contributed by atoms with E-state index in [2.05, 4.69) is 5.32 Å². The van der Waals surface area contributed by atoms with Gasteiger partial charge in [-0.15, -0.1) is 0 Å². The molecule has 0 aromatic heterocycles. The summed E-state index contributed by atoms with van der Waals surface area (Å²) in [6.45, 7) is 0. The van der Waals surface area contributed by atoms with Crippen LogP contribution in [-0.4, -0.2) is 24.1 Å². The van der Waals surface area contributed by atoms with Crippen LogP contribution < -0.4 is 10.1 Å². The Hall–Kier alpha value is -2.53. The summed E-state index contributed by atoms with van der Waals surface area (Å²) in [5.41, 5.74) is 1.15. The van der Waals surface area contributed by atoms with Crippen LogP contribution in [0.2, 0.25) is 5.02 Å². The zero-order chi connectivity index (χ0) is 16.1. The molecule has 6 heteroatoms. The number of hydrogen-bond donors (Lipinski definition) is 2. The third-order valence-electron chi connectivity index (χ3n) is 3.01. The van der Waals surface area contributed by atoms with Gasteiger partial charge in [-0.25, -0.2) is 4.79 Å². The molecule has 0 saturated heterocycles. The number of amides is 1. The molecule has 0 fully saturated rings. The van der Waals surface area contributed by atoms with E-state index >= 15 is 0 Å². The summed E-state index contributed by atoms with van der Waals surface area (Å²) in [5, 5.41) is 11.9. The quantitative estimate of drug-likeness (QED) is 0.887. The van der Waals surface area contributed by atoms with Gasteiger partial charge >= 0.3 is 5.97 Å². The lowest BCUT2D eigenvalue weighted by Crippen LogP contribution is -2.15. The van der Waals surface area contributed by atoms with E-state index in [0.29, 0.717) is 5.75 Å². The molecule has 0 atom stereocenters. The third kappa shape index (κ3) is 3.99. The van der Waals surface area contributed by atoms with Gasteiger partial charge in [-0.05, 0) is 35.9 Å². The molecule has 114 valence electrons. The minimum atomic E-state index is -1.08. The number of rotatable bonds is 5. The van der Waals surface area contributed by atoms with Gasteiger partial charge in [0.1, 0.15) is 5.75 Å². The normalized spacial score (nSPS) is 10.1. The number of carbonyl (C=O) groups excluding carboxylic acids is 1. The Morgan fingerprint density at radius 2 is 1.86 bits per heavy atom. The summed E-state index contributed by atoms with van der Waals surface area (Å²) in [7, 11) is 1.57. The molecule has 0 unspecified atom stereocenters. The third-order valence-corrected chi connectivity index (χ3v) is 3.34. The van der Waals surface area contributed by atoms with Gasteiger partial charge in [0.15, 0.2) is 0 Å². The van der Waals surface area contributed by atoms with Crippen molar-refractivity contribution in [2.24, 2.45) is 0 Å². The van der Waals surface area contributed by atoms with Crippen LogP contribution in [0.5, 0.6) is 5.75 Å². The molecule has 2 aromatic carbocycles. The number of anilines is 1. The maximum atomic E-state index is 12.0. The molecular weight excluding hydrogens is 306 g/mol. The maximum absolute atomic E-state index is 12.0. The average Bonchev–Trinajstić information content (AvgIpc) is 2.50. The molecule has 2 rings (SSSR count). The van der Waals surface area contributed by atoms with Crippen molar-refractivity contribution >= 4 is 29.2 Å². The van der Waals surface area contributed by atoms with Gasteiger partial charge in [-0.2, -0.15) is 0 Å². The van der Waals surface area contributed by atoms with E-state index in [4.69, 9.17) is 21.4 Å². The predicted octanol–water partition coefficient (Wildman–Crippen LogP) is 3.23. The first kappa shape index (κ1) is 15.9. The highest BCUT2D eigenvalue weighted by molar-refractivity contribution is 6.33. The molecule has 0 bridgehead atoms. The summed E-state index contributed by atoms with van der Waals surface area (Å²) in [4.78, 5) is 23.0. The van der Waals surface area contributed by atoms with Crippen LogP contribution in [0.3, 0.4) is 0 Å². The molecule has 2 aromatic rings. The Kier molecular flexibility index (Phi) is 5.01. The van der Waals surface area contributed by atoms with E-state index in [1.807, 2.05) is 0 Å². The Morgan fingerprint density at radius 3 is 2.45 bits per heavy atom. The summed E-state index contributed by atoms with van der Waals surface area (Å²) >= 11 is 5.96. The van der Waals surface area contributed by atoms with Crippen molar-refractivity contribution in [1.82, 2.24) is 0 Å². The second-order valence-electron chi connectivity index (χ2n) is 4.57. The lowest BCUT2D eigenvalue weighted by atomic mass is 10.1. The predicted molar refractivity (Wildman–Crippen MR) is 83.7 cm³/mol. The monoisotopic (exact) mass is 319 g/mol. The van der Waals surface area contributed by atoms with E-state index in [-0.39, 0.29) is 28.6 Å².